The van der Waals surface area contributed by atoms with E-state index in [1.165, 1.54) is 6.07 Å². The van der Waals surface area contributed by atoms with Gasteiger partial charge in [0, 0.05) is 0 Å². The Hall–Kier alpha value is -1.80. The van der Waals surface area contributed by atoms with Gasteiger partial charge in [0.25, 0.3) is 5.69 Å². The normalized spacial score (nSPS) is 21.6. The van der Waals surface area contributed by atoms with E-state index in [1.807, 2.05) is 27.7 Å². The Bertz CT molecular complexity index is 599. The van der Waals surface area contributed by atoms with E-state index in [1.54, 1.807) is 6.07 Å². The molecule has 0 unspecified atom stereocenters. The van der Waals surface area contributed by atoms with E-state index in [9.17, 15) is 10.1 Å². The van der Waals surface area contributed by atoms with Gasteiger partial charge in [0.15, 0.2) is 11.5 Å². The van der Waals surface area contributed by atoms with Crippen LogP contribution < -0.4 is 14.9 Å². The fourth-order valence-corrected chi connectivity index (χ4v) is 2.26. The quantitative estimate of drug-likeness (QED) is 0.468. The number of rotatable bonds is 2. The summed E-state index contributed by atoms with van der Waals surface area (Å²) < 4.78 is 22.2. The number of fused-ring (bicyclic) bond motifs is 1. The molecule has 1 saturated heterocycles. The molecule has 2 aliphatic rings. The molecule has 1 aromatic rings. The third-order valence-corrected chi connectivity index (χ3v) is 4.23. The molecule has 2 heterocycles. The zero-order valence-corrected chi connectivity index (χ0v) is 12.3. The monoisotopic (exact) mass is 293 g/mol. The Morgan fingerprint density at radius 1 is 1.10 bits per heavy atom. The standard InChI is InChI=1S/C13H16BNO6/c1-12(2)13(3,4)21-14(20-12)8-5-10-11(19-7-18-10)6-9(8)15(16)17/h5-6H,7H2,1-4H3. The van der Waals surface area contributed by atoms with Gasteiger partial charge in [0.05, 0.1) is 27.7 Å². The van der Waals surface area contributed by atoms with Gasteiger partial charge in [0.1, 0.15) is 0 Å². The van der Waals surface area contributed by atoms with Crippen LogP contribution in [0, 0.1) is 10.1 Å². The van der Waals surface area contributed by atoms with Crippen molar-refractivity contribution in [2.45, 2.75) is 38.9 Å². The predicted octanol–water partition coefficient (Wildman–Crippen LogP) is 1.62. The summed E-state index contributed by atoms with van der Waals surface area (Å²) in [5, 5.41) is 11.3. The van der Waals surface area contributed by atoms with Crippen LogP contribution in [0.5, 0.6) is 11.5 Å². The van der Waals surface area contributed by atoms with Crippen LogP contribution in [0.2, 0.25) is 0 Å². The fourth-order valence-electron chi connectivity index (χ4n) is 2.26. The zero-order chi connectivity index (χ0) is 15.4. The van der Waals surface area contributed by atoms with Crippen LogP contribution in [0.25, 0.3) is 0 Å². The lowest BCUT2D eigenvalue weighted by Gasteiger charge is -2.32. The lowest BCUT2D eigenvalue weighted by atomic mass is 9.77. The molecule has 112 valence electrons. The summed E-state index contributed by atoms with van der Waals surface area (Å²) in [5.41, 5.74) is -0.898. The highest BCUT2D eigenvalue weighted by molar-refractivity contribution is 6.63. The topological polar surface area (TPSA) is 80.1 Å². The molecule has 0 atom stereocenters. The molecule has 0 aliphatic carbocycles. The van der Waals surface area contributed by atoms with E-state index in [2.05, 4.69) is 0 Å². The van der Waals surface area contributed by atoms with Crippen molar-refractivity contribution in [1.82, 2.24) is 0 Å². The summed E-state index contributed by atoms with van der Waals surface area (Å²) in [5.74, 6) is 0.826. The first-order valence-electron chi connectivity index (χ1n) is 6.65. The zero-order valence-electron chi connectivity index (χ0n) is 12.3. The molecule has 0 spiro atoms. The predicted molar refractivity (Wildman–Crippen MR) is 74.9 cm³/mol. The molecule has 2 aliphatic heterocycles. The number of hydrogen-bond donors (Lipinski definition) is 0. The molecule has 0 aromatic heterocycles. The van der Waals surface area contributed by atoms with Crippen molar-refractivity contribution in [3.05, 3.63) is 22.2 Å². The smallest absolute Gasteiger partial charge is 0.454 e. The average Bonchev–Trinajstić information content (AvgIpc) is 2.89. The van der Waals surface area contributed by atoms with Gasteiger partial charge >= 0.3 is 7.12 Å². The second kappa shape index (κ2) is 4.35. The van der Waals surface area contributed by atoms with E-state index in [0.717, 1.165) is 0 Å². The number of nitrogens with zero attached hydrogens (tertiary/aromatic N) is 1. The third-order valence-electron chi connectivity index (χ3n) is 4.23. The first kappa shape index (κ1) is 14.2. The molecule has 0 N–H and O–H groups in total. The van der Waals surface area contributed by atoms with Gasteiger partial charge < -0.3 is 18.8 Å². The highest BCUT2D eigenvalue weighted by atomic mass is 16.7. The van der Waals surface area contributed by atoms with Crippen molar-refractivity contribution in [3.8, 4) is 11.5 Å². The Labute approximate surface area is 122 Å². The minimum absolute atomic E-state index is 0.0549. The molecule has 0 saturated carbocycles. The van der Waals surface area contributed by atoms with Crippen molar-refractivity contribution in [1.29, 1.82) is 0 Å². The van der Waals surface area contributed by atoms with E-state index in [4.69, 9.17) is 18.8 Å². The molecular formula is C13H16BNO6. The van der Waals surface area contributed by atoms with Gasteiger partial charge in [-0.25, -0.2) is 0 Å². The minimum Gasteiger partial charge on any atom is -0.454 e. The fraction of sp³-hybridized carbons (Fsp3) is 0.538. The van der Waals surface area contributed by atoms with E-state index in [-0.39, 0.29) is 12.5 Å². The van der Waals surface area contributed by atoms with Crippen LogP contribution >= 0.6 is 0 Å². The molecule has 1 fully saturated rings. The highest BCUT2D eigenvalue weighted by Crippen LogP contribution is 2.39. The first-order chi connectivity index (χ1) is 9.71. The van der Waals surface area contributed by atoms with E-state index < -0.39 is 23.2 Å². The van der Waals surface area contributed by atoms with Crippen molar-refractivity contribution in [2.75, 3.05) is 6.79 Å². The Kier molecular flexibility index (Phi) is 2.93. The van der Waals surface area contributed by atoms with Crippen LogP contribution in [0.1, 0.15) is 27.7 Å². The van der Waals surface area contributed by atoms with Gasteiger partial charge in [-0.15, -0.1) is 0 Å². The van der Waals surface area contributed by atoms with Crippen LogP contribution in [0.3, 0.4) is 0 Å². The molecule has 8 heteroatoms. The van der Waals surface area contributed by atoms with Crippen molar-refractivity contribution >= 4 is 18.3 Å². The largest absolute Gasteiger partial charge is 0.502 e. The van der Waals surface area contributed by atoms with Crippen LogP contribution in [0.4, 0.5) is 5.69 Å². The number of hydrogen-bond acceptors (Lipinski definition) is 6. The summed E-state index contributed by atoms with van der Waals surface area (Å²) in [4.78, 5) is 10.8. The molecule has 0 amide bonds. The van der Waals surface area contributed by atoms with Gasteiger partial charge in [-0.05, 0) is 33.8 Å². The lowest BCUT2D eigenvalue weighted by molar-refractivity contribution is -0.383. The van der Waals surface area contributed by atoms with Gasteiger partial charge in [-0.2, -0.15) is 0 Å². The molecule has 0 bridgehead atoms. The lowest BCUT2D eigenvalue weighted by Crippen LogP contribution is -2.41. The molecular weight excluding hydrogens is 277 g/mol. The number of benzene rings is 1. The Morgan fingerprint density at radius 2 is 1.62 bits per heavy atom. The van der Waals surface area contributed by atoms with E-state index >= 15 is 0 Å². The second-order valence-electron chi connectivity index (χ2n) is 6.11. The van der Waals surface area contributed by atoms with Gasteiger partial charge in [0.2, 0.25) is 6.79 Å². The highest BCUT2D eigenvalue weighted by Gasteiger charge is 2.53. The second-order valence-corrected chi connectivity index (χ2v) is 6.11. The van der Waals surface area contributed by atoms with Crippen molar-refractivity contribution in [3.63, 3.8) is 0 Å². The summed E-state index contributed by atoms with van der Waals surface area (Å²) in [6, 6.07) is 2.91. The Morgan fingerprint density at radius 3 is 2.14 bits per heavy atom. The maximum Gasteiger partial charge on any atom is 0.502 e. The average molecular weight is 293 g/mol. The Balaban J connectivity index is 2.05. The molecule has 1 aromatic carbocycles. The molecule has 0 radical (unpaired) electrons. The number of nitro benzene ring substituents is 1. The van der Waals surface area contributed by atoms with Crippen LogP contribution in [-0.2, 0) is 9.31 Å². The van der Waals surface area contributed by atoms with Crippen molar-refractivity contribution in [2.24, 2.45) is 0 Å². The molecule has 7 nitrogen and oxygen atoms in total. The van der Waals surface area contributed by atoms with E-state index in [0.29, 0.717) is 17.0 Å². The summed E-state index contributed by atoms with van der Waals surface area (Å²) in [7, 11) is -0.815. The summed E-state index contributed by atoms with van der Waals surface area (Å²) >= 11 is 0. The van der Waals surface area contributed by atoms with Crippen LogP contribution in [-0.4, -0.2) is 30.0 Å². The molecule has 3 rings (SSSR count). The minimum atomic E-state index is -0.815. The van der Waals surface area contributed by atoms with Gasteiger partial charge in [-0.3, -0.25) is 10.1 Å². The number of ether oxygens (including phenoxy) is 2. The van der Waals surface area contributed by atoms with Crippen molar-refractivity contribution < 1.29 is 23.7 Å². The first-order valence-corrected chi connectivity index (χ1v) is 6.65. The SMILES string of the molecule is CC1(C)OB(c2cc3c(cc2[N+](=O)[O-])OCO3)OC1(C)C. The third kappa shape index (κ3) is 2.15. The van der Waals surface area contributed by atoms with Crippen LogP contribution in [0.15, 0.2) is 12.1 Å². The maximum atomic E-state index is 11.3. The number of nitro groups is 1. The maximum absolute atomic E-state index is 11.3. The summed E-state index contributed by atoms with van der Waals surface area (Å²) in [6.45, 7) is 7.63. The molecule has 21 heavy (non-hydrogen) atoms. The van der Waals surface area contributed by atoms with Gasteiger partial charge in [-0.1, -0.05) is 0 Å². The summed E-state index contributed by atoms with van der Waals surface area (Å²) in [6.07, 6.45) is 0.